The molecule has 2 N–H and O–H groups in total. The zero-order chi connectivity index (χ0) is 22.5. The highest BCUT2D eigenvalue weighted by molar-refractivity contribution is 5.80. The molecule has 1 aromatic carbocycles. The highest BCUT2D eigenvalue weighted by atomic mass is 19.4. The van der Waals surface area contributed by atoms with E-state index in [1.165, 1.54) is 19.2 Å². The van der Waals surface area contributed by atoms with E-state index in [-0.39, 0.29) is 23.9 Å². The molecule has 1 aromatic heterocycles. The molecule has 0 saturated heterocycles. The largest absolute Gasteiger partial charge is 0.497 e. The maximum atomic E-state index is 13.4. The Morgan fingerprint density at radius 1 is 1.30 bits per heavy atom. The number of hydrogen-bond acceptors (Lipinski definition) is 3. The van der Waals surface area contributed by atoms with Gasteiger partial charge in [0.2, 0.25) is 0 Å². The van der Waals surface area contributed by atoms with Gasteiger partial charge in [-0.15, -0.1) is 0 Å². The molecule has 6 nitrogen and oxygen atoms in total. The van der Waals surface area contributed by atoms with Crippen LogP contribution in [0.25, 0.3) is 0 Å². The van der Waals surface area contributed by atoms with E-state index in [1.54, 1.807) is 0 Å². The molecule has 9 heteroatoms. The first kappa shape index (κ1) is 23.6. The summed E-state index contributed by atoms with van der Waals surface area (Å²) in [5.41, 5.74) is 2.57. The molecule has 1 unspecified atom stereocenters. The summed E-state index contributed by atoms with van der Waals surface area (Å²) in [7, 11) is 3.25. The number of rotatable bonds is 7. The van der Waals surface area contributed by atoms with Crippen LogP contribution in [0.2, 0.25) is 0 Å². The molecule has 0 aliphatic rings. The SMILES string of the molecule is CCNC(=NCc1ccc(OC)cc1C(F)(F)F)NC(C)Cc1c(C)nn(C)c1C. The standard InChI is InChI=1S/C21H30F3N5O/c1-7-25-20(27-13(2)10-18-14(3)28-29(5)15(18)4)26-12-16-8-9-17(30-6)11-19(16)21(22,23)24/h8-9,11,13H,7,10,12H2,1-6H3,(H2,25,26,27). The van der Waals surface area contributed by atoms with Gasteiger partial charge in [0, 0.05) is 25.3 Å². The maximum Gasteiger partial charge on any atom is 0.416 e. The Labute approximate surface area is 175 Å². The molecule has 166 valence electrons. The van der Waals surface area contributed by atoms with Crippen molar-refractivity contribution < 1.29 is 17.9 Å². The summed E-state index contributed by atoms with van der Waals surface area (Å²) < 4.78 is 47.1. The Balaban J connectivity index is 2.18. The quantitative estimate of drug-likeness (QED) is 0.524. The third-order valence-corrected chi connectivity index (χ3v) is 4.93. The molecule has 0 aliphatic carbocycles. The summed E-state index contributed by atoms with van der Waals surface area (Å²) in [6, 6.07) is 3.93. The third kappa shape index (κ3) is 5.90. The van der Waals surface area contributed by atoms with Gasteiger partial charge >= 0.3 is 6.18 Å². The summed E-state index contributed by atoms with van der Waals surface area (Å²) in [6.45, 7) is 8.39. The number of methoxy groups -OCH3 is 1. The molecule has 2 rings (SSSR count). The maximum absolute atomic E-state index is 13.4. The van der Waals surface area contributed by atoms with Crippen molar-refractivity contribution in [2.75, 3.05) is 13.7 Å². The molecule has 0 spiro atoms. The smallest absolute Gasteiger partial charge is 0.416 e. The highest BCUT2D eigenvalue weighted by Crippen LogP contribution is 2.34. The van der Waals surface area contributed by atoms with Crippen LogP contribution in [0.5, 0.6) is 5.75 Å². The second-order valence-electron chi connectivity index (χ2n) is 7.24. The van der Waals surface area contributed by atoms with E-state index in [9.17, 15) is 13.2 Å². The molecular weight excluding hydrogens is 395 g/mol. The van der Waals surface area contributed by atoms with Gasteiger partial charge < -0.3 is 15.4 Å². The number of guanidine groups is 1. The third-order valence-electron chi connectivity index (χ3n) is 4.93. The van der Waals surface area contributed by atoms with Crippen molar-refractivity contribution in [1.82, 2.24) is 20.4 Å². The predicted octanol–water partition coefficient (Wildman–Crippen LogP) is 3.75. The second-order valence-corrected chi connectivity index (χ2v) is 7.24. The number of aryl methyl sites for hydroxylation is 2. The normalized spacial score (nSPS) is 13.3. The number of halogens is 3. The fourth-order valence-electron chi connectivity index (χ4n) is 3.27. The average molecular weight is 425 g/mol. The molecule has 0 saturated carbocycles. The van der Waals surface area contributed by atoms with Gasteiger partial charge in [-0.25, -0.2) is 4.99 Å². The van der Waals surface area contributed by atoms with Crippen LogP contribution in [0.4, 0.5) is 13.2 Å². The van der Waals surface area contributed by atoms with Crippen molar-refractivity contribution in [3.8, 4) is 5.75 Å². The van der Waals surface area contributed by atoms with Gasteiger partial charge in [0.15, 0.2) is 5.96 Å². The van der Waals surface area contributed by atoms with E-state index in [4.69, 9.17) is 4.74 Å². The van der Waals surface area contributed by atoms with Crippen LogP contribution in [-0.2, 0) is 26.2 Å². The monoisotopic (exact) mass is 425 g/mol. The fraction of sp³-hybridized carbons (Fsp3) is 0.524. The summed E-state index contributed by atoms with van der Waals surface area (Å²) >= 11 is 0. The van der Waals surface area contributed by atoms with Crippen LogP contribution in [0.15, 0.2) is 23.2 Å². The van der Waals surface area contributed by atoms with Crippen molar-refractivity contribution in [2.24, 2.45) is 12.0 Å². The molecule has 1 heterocycles. The number of aromatic nitrogens is 2. The summed E-state index contributed by atoms with van der Waals surface area (Å²) in [5, 5.41) is 10.8. The van der Waals surface area contributed by atoms with Crippen molar-refractivity contribution in [3.63, 3.8) is 0 Å². The van der Waals surface area contributed by atoms with Crippen LogP contribution in [0, 0.1) is 13.8 Å². The van der Waals surface area contributed by atoms with Crippen molar-refractivity contribution >= 4 is 5.96 Å². The van der Waals surface area contributed by atoms with E-state index in [0.717, 1.165) is 29.4 Å². The van der Waals surface area contributed by atoms with Gasteiger partial charge in [0.25, 0.3) is 0 Å². The lowest BCUT2D eigenvalue weighted by Crippen LogP contribution is -2.43. The van der Waals surface area contributed by atoms with E-state index in [0.29, 0.717) is 12.5 Å². The van der Waals surface area contributed by atoms with Crippen molar-refractivity contribution in [3.05, 3.63) is 46.3 Å². The Hall–Kier alpha value is -2.71. The second kappa shape index (κ2) is 9.86. The molecule has 0 aliphatic heterocycles. The lowest BCUT2D eigenvalue weighted by Gasteiger charge is -2.19. The number of nitrogens with one attached hydrogen (secondary N) is 2. The molecule has 1 atom stereocenters. The molecule has 0 amide bonds. The summed E-state index contributed by atoms with van der Waals surface area (Å²) in [5.74, 6) is 0.629. The lowest BCUT2D eigenvalue weighted by atomic mass is 10.1. The zero-order valence-corrected chi connectivity index (χ0v) is 18.3. The molecule has 30 heavy (non-hydrogen) atoms. The van der Waals surface area contributed by atoms with Crippen molar-refractivity contribution in [2.45, 2.75) is 52.9 Å². The number of alkyl halides is 3. The van der Waals surface area contributed by atoms with Crippen LogP contribution in [-0.4, -0.2) is 35.4 Å². The van der Waals surface area contributed by atoms with Crippen molar-refractivity contribution in [1.29, 1.82) is 0 Å². The zero-order valence-electron chi connectivity index (χ0n) is 18.3. The molecule has 0 fully saturated rings. The van der Waals surface area contributed by atoms with Crippen LogP contribution in [0.1, 0.15) is 41.9 Å². The first-order valence-corrected chi connectivity index (χ1v) is 9.84. The number of ether oxygens (including phenoxy) is 1. The number of benzene rings is 1. The van der Waals surface area contributed by atoms with Gasteiger partial charge in [0.05, 0.1) is 24.9 Å². The Bertz CT molecular complexity index is 889. The molecule has 0 radical (unpaired) electrons. The van der Waals surface area contributed by atoms with Gasteiger partial charge in [-0.2, -0.15) is 18.3 Å². The lowest BCUT2D eigenvalue weighted by molar-refractivity contribution is -0.138. The summed E-state index contributed by atoms with van der Waals surface area (Å²) in [6.07, 6.45) is -3.75. The Kier molecular flexibility index (Phi) is 7.75. The molecule has 0 bridgehead atoms. The van der Waals surface area contributed by atoms with Gasteiger partial charge in [0.1, 0.15) is 5.75 Å². The predicted molar refractivity (Wildman–Crippen MR) is 112 cm³/mol. The number of hydrogen-bond donors (Lipinski definition) is 2. The van der Waals surface area contributed by atoms with Crippen LogP contribution >= 0.6 is 0 Å². The minimum absolute atomic E-state index is 0.0161. The van der Waals surface area contributed by atoms with E-state index in [2.05, 4.69) is 20.7 Å². The minimum atomic E-state index is -4.48. The number of nitrogens with zero attached hydrogens (tertiary/aromatic N) is 3. The molecular formula is C21H30F3N5O. The minimum Gasteiger partial charge on any atom is -0.497 e. The van der Waals surface area contributed by atoms with Crippen LogP contribution in [0.3, 0.4) is 0 Å². The van der Waals surface area contributed by atoms with Gasteiger partial charge in [-0.1, -0.05) is 6.07 Å². The van der Waals surface area contributed by atoms with Gasteiger partial charge in [-0.05, 0) is 57.4 Å². The fourth-order valence-corrected chi connectivity index (χ4v) is 3.27. The number of aliphatic imine (C=N–C) groups is 1. The first-order chi connectivity index (χ1) is 14.1. The van der Waals surface area contributed by atoms with E-state index in [1.807, 2.05) is 39.4 Å². The van der Waals surface area contributed by atoms with Gasteiger partial charge in [-0.3, -0.25) is 4.68 Å². The average Bonchev–Trinajstić information content (AvgIpc) is 2.91. The molecule has 2 aromatic rings. The first-order valence-electron chi connectivity index (χ1n) is 9.84. The summed E-state index contributed by atoms with van der Waals surface area (Å²) in [4.78, 5) is 4.38. The van der Waals surface area contributed by atoms with E-state index >= 15 is 0 Å². The topological polar surface area (TPSA) is 63.5 Å². The Morgan fingerprint density at radius 2 is 2.00 bits per heavy atom. The Morgan fingerprint density at radius 3 is 2.53 bits per heavy atom. The highest BCUT2D eigenvalue weighted by Gasteiger charge is 2.33. The van der Waals surface area contributed by atoms with Crippen LogP contribution < -0.4 is 15.4 Å². The van der Waals surface area contributed by atoms with E-state index < -0.39 is 11.7 Å².